The molecule has 218 valence electrons. The number of hydrogen-bond acceptors (Lipinski definition) is 6. The highest BCUT2D eigenvalue weighted by Gasteiger charge is 2.68. The van der Waals surface area contributed by atoms with Crippen LogP contribution in [0, 0.1) is 40.7 Å². The molecule has 2 N–H and O–H groups in total. The number of carbonyl (C=O) groups excluding carboxylic acids is 4. The summed E-state index contributed by atoms with van der Waals surface area (Å²) in [6, 6.07) is 7.31. The van der Waals surface area contributed by atoms with Crippen molar-refractivity contribution in [3.63, 3.8) is 0 Å². The highest BCUT2D eigenvalue weighted by atomic mass is 35.5. The topological polar surface area (TPSA) is 132 Å². The lowest BCUT2D eigenvalue weighted by Gasteiger charge is -2.49. The summed E-state index contributed by atoms with van der Waals surface area (Å²) in [6.07, 6.45) is 1.41. The van der Waals surface area contributed by atoms with Gasteiger partial charge in [0.25, 0.3) is 0 Å². The second-order valence-electron chi connectivity index (χ2n) is 11.4. The third-order valence-corrected chi connectivity index (χ3v) is 9.70. The van der Waals surface area contributed by atoms with Crippen LogP contribution in [-0.2, 0) is 24.0 Å². The van der Waals surface area contributed by atoms with Crippen LogP contribution in [0.4, 0.5) is 14.5 Å². The minimum Gasteiger partial charge on any atom is -0.505 e. The van der Waals surface area contributed by atoms with E-state index in [0.717, 1.165) is 28.0 Å². The first-order valence-corrected chi connectivity index (χ1v) is 13.8. The van der Waals surface area contributed by atoms with E-state index in [2.05, 4.69) is 0 Å². The number of aliphatic carboxylic acids is 1. The monoisotopic (exact) mass is 598 g/mol. The Morgan fingerprint density at radius 1 is 1.05 bits per heavy atom. The molecule has 2 saturated heterocycles. The first kappa shape index (κ1) is 28.0. The third kappa shape index (κ3) is 3.82. The van der Waals surface area contributed by atoms with Crippen LogP contribution in [0.3, 0.4) is 0 Å². The quantitative estimate of drug-likeness (QED) is 0.392. The second kappa shape index (κ2) is 9.72. The van der Waals surface area contributed by atoms with Crippen LogP contribution in [0.5, 0.6) is 5.75 Å². The molecule has 0 radical (unpaired) electrons. The van der Waals surface area contributed by atoms with E-state index in [1.165, 1.54) is 18.2 Å². The van der Waals surface area contributed by atoms with Crippen molar-refractivity contribution in [2.24, 2.45) is 29.1 Å². The fraction of sp³-hybridized carbons (Fsp3) is 0.367. The lowest BCUT2D eigenvalue weighted by molar-refractivity contribution is -0.142. The number of rotatable bonds is 5. The molecule has 2 aliphatic heterocycles. The molecule has 2 aliphatic carbocycles. The Balaban J connectivity index is 1.50. The number of nitrogens with zero attached hydrogens (tertiary/aromatic N) is 2. The number of amides is 4. The van der Waals surface area contributed by atoms with E-state index < -0.39 is 88.4 Å². The molecule has 2 heterocycles. The Bertz CT molecular complexity index is 1630. The zero-order valence-corrected chi connectivity index (χ0v) is 23.0. The number of carboxylic acids is 1. The van der Waals surface area contributed by atoms with Gasteiger partial charge in [0.15, 0.2) is 11.6 Å². The van der Waals surface area contributed by atoms with E-state index >= 15 is 0 Å². The number of phenols is 1. The van der Waals surface area contributed by atoms with Gasteiger partial charge in [0.1, 0.15) is 5.82 Å². The minimum atomic E-state index is -1.55. The van der Waals surface area contributed by atoms with E-state index in [1.807, 2.05) is 0 Å². The fourth-order valence-corrected chi connectivity index (χ4v) is 7.66. The van der Waals surface area contributed by atoms with Crippen molar-refractivity contribution >= 4 is 46.9 Å². The van der Waals surface area contributed by atoms with E-state index in [1.54, 1.807) is 13.0 Å². The van der Waals surface area contributed by atoms with Gasteiger partial charge in [-0.3, -0.25) is 28.9 Å². The summed E-state index contributed by atoms with van der Waals surface area (Å²) >= 11 is 5.97. The van der Waals surface area contributed by atoms with Crippen molar-refractivity contribution in [2.75, 3.05) is 11.4 Å². The summed E-state index contributed by atoms with van der Waals surface area (Å²) in [6.45, 7) is 1.26. The van der Waals surface area contributed by atoms with Crippen molar-refractivity contribution in [1.29, 1.82) is 0 Å². The molecular formula is C30H25ClF2N2O7. The second-order valence-corrected chi connectivity index (χ2v) is 11.8. The summed E-state index contributed by atoms with van der Waals surface area (Å²) in [4.78, 5) is 68.1. The van der Waals surface area contributed by atoms with Gasteiger partial charge in [-0.05, 0) is 49.9 Å². The van der Waals surface area contributed by atoms with Crippen LogP contribution in [0.1, 0.15) is 37.7 Å². The Kier molecular flexibility index (Phi) is 6.49. The molecule has 0 spiro atoms. The summed E-state index contributed by atoms with van der Waals surface area (Å²) < 4.78 is 28.7. The molecule has 0 aromatic heterocycles. The molecule has 0 bridgehead atoms. The number of para-hydroxylation sites is 1. The van der Waals surface area contributed by atoms with Gasteiger partial charge in [0, 0.05) is 18.0 Å². The maximum absolute atomic E-state index is 14.7. The Morgan fingerprint density at radius 3 is 2.48 bits per heavy atom. The molecule has 6 rings (SSSR count). The van der Waals surface area contributed by atoms with E-state index in [-0.39, 0.29) is 35.7 Å². The number of allylic oxidation sites excluding steroid dienone is 2. The van der Waals surface area contributed by atoms with Gasteiger partial charge in [-0.1, -0.05) is 35.4 Å². The minimum absolute atomic E-state index is 0.00211. The number of likely N-dealkylation sites (tertiary alicyclic amines) is 1. The number of carbonyl (C=O) groups is 5. The molecule has 4 aliphatic rings. The lowest BCUT2D eigenvalue weighted by atomic mass is 9.51. The molecule has 6 unspecified atom stereocenters. The zero-order chi connectivity index (χ0) is 30.2. The van der Waals surface area contributed by atoms with Gasteiger partial charge in [-0.25, -0.2) is 13.7 Å². The highest BCUT2D eigenvalue weighted by Crippen LogP contribution is 2.64. The standard InChI is InChI=1S/C30H25ClF2N2O7/c1-30-18(27(40)35(29(30)42)13-5-8-20(32)19(31)11-13)12-17-14(24(30)16-3-2-4-21(33)25(16)38)6-7-15-23(17)28(41)34(26(15)39)10-9-22(36)37/h2-6,8,11,15,17-18,23-24,38H,7,9-10,12H2,1H3,(H,36,37). The number of aromatic hydroxyl groups is 1. The molecule has 4 amide bonds. The first-order valence-electron chi connectivity index (χ1n) is 13.5. The van der Waals surface area contributed by atoms with Crippen LogP contribution in [-0.4, -0.2) is 51.3 Å². The molecule has 6 atom stereocenters. The van der Waals surface area contributed by atoms with Crippen molar-refractivity contribution in [3.8, 4) is 5.75 Å². The van der Waals surface area contributed by atoms with Crippen molar-refractivity contribution in [1.82, 2.24) is 4.90 Å². The number of benzene rings is 2. The summed E-state index contributed by atoms with van der Waals surface area (Å²) in [5, 5.41) is 19.7. The Labute approximate surface area is 243 Å². The summed E-state index contributed by atoms with van der Waals surface area (Å²) in [5.41, 5.74) is -0.933. The van der Waals surface area contributed by atoms with Crippen molar-refractivity contribution in [3.05, 3.63) is 70.3 Å². The van der Waals surface area contributed by atoms with Crippen LogP contribution >= 0.6 is 11.6 Å². The molecule has 9 nitrogen and oxygen atoms in total. The smallest absolute Gasteiger partial charge is 0.305 e. The zero-order valence-electron chi connectivity index (χ0n) is 22.2. The van der Waals surface area contributed by atoms with Crippen LogP contribution in [0.2, 0.25) is 5.02 Å². The first-order chi connectivity index (χ1) is 19.9. The predicted octanol–water partition coefficient (Wildman–Crippen LogP) is 4.03. The summed E-state index contributed by atoms with van der Waals surface area (Å²) in [7, 11) is 0. The van der Waals surface area contributed by atoms with Crippen molar-refractivity contribution < 1.29 is 43.0 Å². The van der Waals surface area contributed by atoms with Gasteiger partial charge >= 0.3 is 5.97 Å². The van der Waals surface area contributed by atoms with Gasteiger partial charge in [0.2, 0.25) is 23.6 Å². The van der Waals surface area contributed by atoms with Crippen LogP contribution in [0.15, 0.2) is 48.0 Å². The molecule has 1 saturated carbocycles. The average molecular weight is 599 g/mol. The molecule has 42 heavy (non-hydrogen) atoms. The van der Waals surface area contributed by atoms with Gasteiger partial charge < -0.3 is 10.2 Å². The average Bonchev–Trinajstić information content (AvgIpc) is 3.30. The molecule has 2 aromatic rings. The van der Waals surface area contributed by atoms with Crippen molar-refractivity contribution in [2.45, 2.75) is 32.1 Å². The highest BCUT2D eigenvalue weighted by molar-refractivity contribution is 6.31. The third-order valence-electron chi connectivity index (χ3n) is 9.41. The number of phenolic OH excluding ortho intramolecular Hbond substituents is 1. The van der Waals surface area contributed by atoms with E-state index in [4.69, 9.17) is 16.7 Å². The van der Waals surface area contributed by atoms with E-state index in [0.29, 0.717) is 5.57 Å². The van der Waals surface area contributed by atoms with Gasteiger partial charge in [0.05, 0.1) is 40.3 Å². The lowest BCUT2D eigenvalue weighted by Crippen LogP contribution is -2.49. The SMILES string of the molecule is CC12C(=O)N(c3ccc(F)c(Cl)c3)C(=O)C1CC1C(=CCC3C(=O)N(CCC(=O)O)C(=O)C31)C2c1cccc(F)c1O. The number of fused-ring (bicyclic) bond motifs is 4. The van der Waals surface area contributed by atoms with Gasteiger partial charge in [-0.15, -0.1) is 0 Å². The number of hydrogen-bond donors (Lipinski definition) is 2. The van der Waals surface area contributed by atoms with E-state index in [9.17, 15) is 37.9 Å². The van der Waals surface area contributed by atoms with Crippen LogP contribution in [0.25, 0.3) is 0 Å². The fourth-order valence-electron chi connectivity index (χ4n) is 7.49. The normalized spacial score (nSPS) is 30.3. The largest absolute Gasteiger partial charge is 0.505 e. The number of carboxylic acid groups (broad SMARTS) is 1. The van der Waals surface area contributed by atoms with Crippen LogP contribution < -0.4 is 4.90 Å². The molecule has 2 aromatic carbocycles. The number of halogens is 3. The Morgan fingerprint density at radius 2 is 1.79 bits per heavy atom. The number of imide groups is 2. The number of anilines is 1. The Hall–Kier alpha value is -4.12. The maximum Gasteiger partial charge on any atom is 0.305 e. The predicted molar refractivity (Wildman–Crippen MR) is 143 cm³/mol. The summed E-state index contributed by atoms with van der Waals surface area (Å²) in [5.74, 6) is -10.5. The molecule has 12 heteroatoms. The molecule has 3 fully saturated rings. The van der Waals surface area contributed by atoms with Gasteiger partial charge in [-0.2, -0.15) is 0 Å². The maximum atomic E-state index is 14.7. The molecular weight excluding hydrogens is 574 g/mol.